The second-order valence-electron chi connectivity index (χ2n) is 8.02. The van der Waals surface area contributed by atoms with Gasteiger partial charge in [0.2, 0.25) is 5.91 Å². The summed E-state index contributed by atoms with van der Waals surface area (Å²) in [5.41, 5.74) is 4.43. The first-order valence-corrected chi connectivity index (χ1v) is 12.3. The normalized spacial score (nSPS) is 14.0. The standard InChI is InChI=1S/C25H30N2O5S/c1-3-33-15-16(2)26-24(30)22(12-13-23(28)29)27-25(31)32-14-21-19-10-6-4-8-17(19)18-9-5-7-11-20(18)21/h4-11,16,21-22H,3,12-15H2,1-2H3,(H,26,30)(H,27,31)(H,28,29). The van der Waals surface area contributed by atoms with Crippen molar-refractivity contribution in [3.05, 3.63) is 59.7 Å². The number of carboxylic acids is 1. The van der Waals surface area contributed by atoms with E-state index in [0.717, 1.165) is 33.8 Å². The minimum atomic E-state index is -1.03. The quantitative estimate of drug-likeness (QED) is 0.458. The molecule has 3 N–H and O–H groups in total. The van der Waals surface area contributed by atoms with Crippen LogP contribution in [0.2, 0.25) is 0 Å². The average Bonchev–Trinajstić information content (AvgIpc) is 3.12. The lowest BCUT2D eigenvalue weighted by Crippen LogP contribution is -2.50. The summed E-state index contributed by atoms with van der Waals surface area (Å²) in [6, 6.07) is 15.0. The second kappa shape index (κ2) is 11.7. The van der Waals surface area contributed by atoms with Crippen molar-refractivity contribution in [2.75, 3.05) is 18.1 Å². The van der Waals surface area contributed by atoms with Crippen LogP contribution in [0.1, 0.15) is 43.7 Å². The number of carbonyl (C=O) groups is 3. The van der Waals surface area contributed by atoms with Gasteiger partial charge in [-0.25, -0.2) is 4.79 Å². The Morgan fingerprint density at radius 3 is 2.21 bits per heavy atom. The van der Waals surface area contributed by atoms with Crippen LogP contribution in [0.4, 0.5) is 4.79 Å². The Morgan fingerprint density at radius 2 is 1.64 bits per heavy atom. The van der Waals surface area contributed by atoms with Gasteiger partial charge < -0.3 is 20.5 Å². The first-order valence-electron chi connectivity index (χ1n) is 11.1. The minimum Gasteiger partial charge on any atom is -0.481 e. The molecule has 0 saturated carbocycles. The van der Waals surface area contributed by atoms with E-state index in [-0.39, 0.29) is 31.4 Å². The molecular formula is C25H30N2O5S. The Hall–Kier alpha value is -3.00. The Labute approximate surface area is 198 Å². The number of ether oxygens (including phenoxy) is 1. The molecular weight excluding hydrogens is 440 g/mol. The number of alkyl carbamates (subject to hydrolysis) is 1. The highest BCUT2D eigenvalue weighted by Crippen LogP contribution is 2.44. The van der Waals surface area contributed by atoms with Crippen molar-refractivity contribution in [3.63, 3.8) is 0 Å². The van der Waals surface area contributed by atoms with Gasteiger partial charge in [0.05, 0.1) is 0 Å². The van der Waals surface area contributed by atoms with Crippen LogP contribution in [0.15, 0.2) is 48.5 Å². The molecule has 0 aliphatic heterocycles. The Balaban J connectivity index is 1.63. The molecule has 1 aliphatic rings. The Kier molecular flexibility index (Phi) is 8.77. The number of thioether (sulfide) groups is 1. The van der Waals surface area contributed by atoms with Crippen LogP contribution >= 0.6 is 11.8 Å². The van der Waals surface area contributed by atoms with Gasteiger partial charge in [0.15, 0.2) is 0 Å². The summed E-state index contributed by atoms with van der Waals surface area (Å²) < 4.78 is 5.52. The van der Waals surface area contributed by atoms with Gasteiger partial charge in [-0.15, -0.1) is 0 Å². The zero-order chi connectivity index (χ0) is 23.8. The fraction of sp³-hybridized carbons (Fsp3) is 0.400. The lowest BCUT2D eigenvalue weighted by Gasteiger charge is -2.21. The number of carboxylic acid groups (broad SMARTS) is 1. The molecule has 0 bridgehead atoms. The zero-order valence-corrected chi connectivity index (χ0v) is 19.7. The summed E-state index contributed by atoms with van der Waals surface area (Å²) in [5, 5.41) is 14.4. The van der Waals surface area contributed by atoms with Crippen molar-refractivity contribution in [1.82, 2.24) is 10.6 Å². The Bertz CT molecular complexity index is 951. The van der Waals surface area contributed by atoms with Crippen molar-refractivity contribution in [2.45, 2.75) is 44.7 Å². The molecule has 0 heterocycles. The topological polar surface area (TPSA) is 105 Å². The maximum Gasteiger partial charge on any atom is 0.407 e. The predicted molar refractivity (Wildman–Crippen MR) is 129 cm³/mol. The lowest BCUT2D eigenvalue weighted by molar-refractivity contribution is -0.137. The van der Waals surface area contributed by atoms with Crippen LogP contribution in [-0.2, 0) is 14.3 Å². The second-order valence-corrected chi connectivity index (χ2v) is 9.34. The van der Waals surface area contributed by atoms with Crippen molar-refractivity contribution in [2.24, 2.45) is 0 Å². The molecule has 2 amide bonds. The van der Waals surface area contributed by atoms with E-state index >= 15 is 0 Å². The first-order chi connectivity index (χ1) is 15.9. The van der Waals surface area contributed by atoms with Gasteiger partial charge in [0, 0.05) is 24.1 Å². The Morgan fingerprint density at radius 1 is 1.03 bits per heavy atom. The van der Waals surface area contributed by atoms with E-state index in [1.165, 1.54) is 0 Å². The van der Waals surface area contributed by atoms with E-state index in [4.69, 9.17) is 9.84 Å². The first kappa shape index (κ1) is 24.6. The molecule has 0 fully saturated rings. The van der Waals surface area contributed by atoms with Gasteiger partial charge in [-0.3, -0.25) is 9.59 Å². The van der Waals surface area contributed by atoms with Crippen LogP contribution in [0.25, 0.3) is 11.1 Å². The number of hydrogen-bond acceptors (Lipinski definition) is 5. The highest BCUT2D eigenvalue weighted by Gasteiger charge is 2.30. The van der Waals surface area contributed by atoms with Crippen LogP contribution in [0.5, 0.6) is 0 Å². The van der Waals surface area contributed by atoms with Gasteiger partial charge in [-0.05, 0) is 41.4 Å². The molecule has 0 spiro atoms. The molecule has 1 aliphatic carbocycles. The molecule has 0 aromatic heterocycles. The molecule has 2 aromatic rings. The summed E-state index contributed by atoms with van der Waals surface area (Å²) in [5.74, 6) is 0.130. The number of benzene rings is 2. The maximum atomic E-state index is 12.7. The van der Waals surface area contributed by atoms with Crippen molar-refractivity contribution >= 4 is 29.7 Å². The largest absolute Gasteiger partial charge is 0.481 e. The van der Waals surface area contributed by atoms with Crippen molar-refractivity contribution < 1.29 is 24.2 Å². The molecule has 0 saturated heterocycles. The van der Waals surface area contributed by atoms with Gasteiger partial charge in [-0.2, -0.15) is 11.8 Å². The molecule has 2 atom stereocenters. The SMILES string of the molecule is CCSCC(C)NC(=O)C(CCC(=O)O)NC(=O)OCC1c2ccccc2-c2ccccc21. The lowest BCUT2D eigenvalue weighted by atomic mass is 9.98. The molecule has 3 rings (SSSR count). The monoisotopic (exact) mass is 470 g/mol. The number of rotatable bonds is 11. The fourth-order valence-electron chi connectivity index (χ4n) is 4.00. The van der Waals surface area contributed by atoms with Gasteiger partial charge in [0.1, 0.15) is 12.6 Å². The number of nitrogens with one attached hydrogen (secondary N) is 2. The predicted octanol–water partition coefficient (Wildman–Crippen LogP) is 4.02. The summed E-state index contributed by atoms with van der Waals surface area (Å²) in [6.45, 7) is 4.03. The zero-order valence-electron chi connectivity index (χ0n) is 18.9. The third-order valence-electron chi connectivity index (χ3n) is 5.56. The van der Waals surface area contributed by atoms with E-state index in [1.54, 1.807) is 11.8 Å². The number of hydrogen-bond donors (Lipinski definition) is 3. The molecule has 2 unspecified atom stereocenters. The van der Waals surface area contributed by atoms with E-state index in [2.05, 4.69) is 22.8 Å². The van der Waals surface area contributed by atoms with Gasteiger partial charge >= 0.3 is 12.1 Å². The van der Waals surface area contributed by atoms with E-state index in [9.17, 15) is 14.4 Å². The van der Waals surface area contributed by atoms with Crippen molar-refractivity contribution in [1.29, 1.82) is 0 Å². The van der Waals surface area contributed by atoms with Crippen LogP contribution < -0.4 is 10.6 Å². The number of carbonyl (C=O) groups excluding carboxylic acids is 2. The maximum absolute atomic E-state index is 12.7. The van der Waals surface area contributed by atoms with Crippen LogP contribution in [0.3, 0.4) is 0 Å². The highest BCUT2D eigenvalue weighted by atomic mass is 32.2. The summed E-state index contributed by atoms with van der Waals surface area (Å²) >= 11 is 1.69. The van der Waals surface area contributed by atoms with Gasteiger partial charge in [-0.1, -0.05) is 55.5 Å². The average molecular weight is 471 g/mol. The highest BCUT2D eigenvalue weighted by molar-refractivity contribution is 7.99. The number of aliphatic carboxylic acids is 1. The minimum absolute atomic E-state index is 0.0149. The summed E-state index contributed by atoms with van der Waals surface area (Å²) in [4.78, 5) is 36.3. The molecule has 176 valence electrons. The van der Waals surface area contributed by atoms with E-state index in [1.807, 2.05) is 50.2 Å². The number of amides is 2. The molecule has 7 nitrogen and oxygen atoms in total. The summed E-state index contributed by atoms with van der Waals surface area (Å²) in [6.07, 6.45) is -0.989. The van der Waals surface area contributed by atoms with Gasteiger partial charge in [0.25, 0.3) is 0 Å². The molecule has 2 aromatic carbocycles. The molecule has 8 heteroatoms. The van der Waals surface area contributed by atoms with Crippen LogP contribution in [0, 0.1) is 0 Å². The molecule has 0 radical (unpaired) electrons. The van der Waals surface area contributed by atoms with E-state index in [0.29, 0.717) is 0 Å². The number of fused-ring (bicyclic) bond motifs is 3. The third-order valence-corrected chi connectivity index (χ3v) is 6.70. The van der Waals surface area contributed by atoms with E-state index < -0.39 is 24.0 Å². The summed E-state index contributed by atoms with van der Waals surface area (Å²) in [7, 11) is 0. The van der Waals surface area contributed by atoms with Crippen LogP contribution in [-0.4, -0.2) is 53.3 Å². The fourth-order valence-corrected chi connectivity index (χ4v) is 4.67. The smallest absolute Gasteiger partial charge is 0.407 e. The molecule has 33 heavy (non-hydrogen) atoms. The van der Waals surface area contributed by atoms with Crippen molar-refractivity contribution in [3.8, 4) is 11.1 Å². The third kappa shape index (κ3) is 6.51.